The molecule has 1 aliphatic rings. The summed E-state index contributed by atoms with van der Waals surface area (Å²) in [7, 11) is 0. The van der Waals surface area contributed by atoms with Crippen molar-refractivity contribution < 1.29 is 14.6 Å². The van der Waals surface area contributed by atoms with Gasteiger partial charge in [0.05, 0.1) is 28.0 Å². The van der Waals surface area contributed by atoms with Gasteiger partial charge in [-0.05, 0) is 31.2 Å². The number of nitrogens with one attached hydrogen (secondary N) is 1. The van der Waals surface area contributed by atoms with Crippen molar-refractivity contribution in [3.8, 4) is 11.3 Å². The summed E-state index contributed by atoms with van der Waals surface area (Å²) < 4.78 is 5.66. The van der Waals surface area contributed by atoms with E-state index in [1.165, 1.54) is 0 Å². The van der Waals surface area contributed by atoms with E-state index in [2.05, 4.69) is 10.3 Å². The molecule has 2 aromatic rings. The Kier molecular flexibility index (Phi) is 5.56. The van der Waals surface area contributed by atoms with Crippen LogP contribution in [0.3, 0.4) is 0 Å². The van der Waals surface area contributed by atoms with E-state index in [0.717, 1.165) is 11.3 Å². The summed E-state index contributed by atoms with van der Waals surface area (Å²) in [4.78, 5) is 17.0. The second kappa shape index (κ2) is 7.58. The lowest BCUT2D eigenvalue weighted by Crippen LogP contribution is -2.68. The number of nitrogens with zero attached hydrogens (tertiary/aromatic N) is 1. The molecule has 5 nitrogen and oxygen atoms in total. The summed E-state index contributed by atoms with van der Waals surface area (Å²) in [6.07, 6.45) is 2.18. The van der Waals surface area contributed by atoms with Crippen LogP contribution in [-0.4, -0.2) is 40.9 Å². The second-order valence-corrected chi connectivity index (χ2v) is 7.90. The Balaban J connectivity index is 1.72. The van der Waals surface area contributed by atoms with Gasteiger partial charge in [0.15, 0.2) is 0 Å². The van der Waals surface area contributed by atoms with Crippen molar-refractivity contribution >= 4 is 17.5 Å². The lowest BCUT2D eigenvalue weighted by atomic mass is 9.56. The molecule has 2 atom stereocenters. The number of carbonyl (C=O) groups is 1. The summed E-state index contributed by atoms with van der Waals surface area (Å²) in [6, 6.07) is 10.8. The first-order valence-corrected chi connectivity index (χ1v) is 9.49. The van der Waals surface area contributed by atoms with Gasteiger partial charge >= 0.3 is 0 Å². The van der Waals surface area contributed by atoms with Gasteiger partial charge in [-0.3, -0.25) is 9.78 Å². The second-order valence-electron chi connectivity index (χ2n) is 7.49. The molecule has 0 spiro atoms. The Bertz CT molecular complexity index is 825. The normalized spacial score (nSPS) is 23.5. The van der Waals surface area contributed by atoms with E-state index >= 15 is 0 Å². The highest BCUT2D eigenvalue weighted by molar-refractivity contribution is 6.34. The Hall–Kier alpha value is -1.95. The van der Waals surface area contributed by atoms with Crippen molar-refractivity contribution in [2.24, 2.45) is 5.41 Å². The van der Waals surface area contributed by atoms with E-state index in [0.29, 0.717) is 23.6 Å². The van der Waals surface area contributed by atoms with Crippen LogP contribution in [-0.2, 0) is 4.74 Å². The summed E-state index contributed by atoms with van der Waals surface area (Å²) >= 11 is 6.23. The number of aromatic nitrogens is 1. The number of pyridine rings is 1. The molecular formula is C21H25ClN2O3. The Morgan fingerprint density at radius 3 is 2.78 bits per heavy atom. The molecule has 144 valence electrons. The zero-order valence-electron chi connectivity index (χ0n) is 15.8. The maximum absolute atomic E-state index is 12.7. The van der Waals surface area contributed by atoms with Crippen molar-refractivity contribution in [1.29, 1.82) is 0 Å². The molecule has 1 heterocycles. The highest BCUT2D eigenvalue weighted by atomic mass is 35.5. The minimum atomic E-state index is -1.01. The van der Waals surface area contributed by atoms with Crippen LogP contribution >= 0.6 is 11.6 Å². The highest BCUT2D eigenvalue weighted by Crippen LogP contribution is 2.50. The Morgan fingerprint density at radius 2 is 2.15 bits per heavy atom. The molecule has 27 heavy (non-hydrogen) atoms. The predicted octanol–water partition coefficient (Wildman–Crippen LogP) is 3.70. The zero-order chi connectivity index (χ0) is 19.7. The van der Waals surface area contributed by atoms with Gasteiger partial charge in [0.1, 0.15) is 0 Å². The molecule has 1 aromatic carbocycles. The van der Waals surface area contributed by atoms with Gasteiger partial charge in [-0.15, -0.1) is 0 Å². The van der Waals surface area contributed by atoms with Gasteiger partial charge in [-0.1, -0.05) is 37.6 Å². The molecule has 1 saturated carbocycles. The van der Waals surface area contributed by atoms with E-state index < -0.39 is 11.0 Å². The fourth-order valence-corrected chi connectivity index (χ4v) is 3.68. The molecular weight excluding hydrogens is 364 g/mol. The quantitative estimate of drug-likeness (QED) is 0.791. The van der Waals surface area contributed by atoms with E-state index in [9.17, 15) is 9.90 Å². The highest BCUT2D eigenvalue weighted by Gasteiger charge is 2.59. The van der Waals surface area contributed by atoms with Crippen LogP contribution in [0.4, 0.5) is 0 Å². The van der Waals surface area contributed by atoms with E-state index in [-0.39, 0.29) is 18.6 Å². The molecule has 1 aliphatic carbocycles. The third-order valence-corrected chi connectivity index (χ3v) is 5.94. The SMILES string of the molecule is CCOC1CC(O)(CNC(=O)c2cc(-c3ccccn3)ccc2Cl)C1(C)C. The average Bonchev–Trinajstić information content (AvgIpc) is 2.67. The molecule has 2 unspecified atom stereocenters. The maximum Gasteiger partial charge on any atom is 0.252 e. The number of ether oxygens (including phenoxy) is 1. The Labute approximate surface area is 164 Å². The molecule has 1 aromatic heterocycles. The third-order valence-electron chi connectivity index (χ3n) is 5.61. The first kappa shape index (κ1) is 19.8. The third kappa shape index (κ3) is 3.72. The molecule has 0 radical (unpaired) electrons. The van der Waals surface area contributed by atoms with Gasteiger partial charge in [0.25, 0.3) is 5.91 Å². The maximum atomic E-state index is 12.7. The molecule has 3 rings (SSSR count). The number of benzene rings is 1. The van der Waals surface area contributed by atoms with Crippen molar-refractivity contribution in [1.82, 2.24) is 10.3 Å². The number of hydrogen-bond donors (Lipinski definition) is 2. The van der Waals surface area contributed by atoms with Crippen molar-refractivity contribution in [2.45, 2.75) is 38.9 Å². The predicted molar refractivity (Wildman–Crippen MR) is 106 cm³/mol. The van der Waals surface area contributed by atoms with Crippen molar-refractivity contribution in [3.63, 3.8) is 0 Å². The molecule has 1 fully saturated rings. The number of halogens is 1. The number of amides is 1. The smallest absolute Gasteiger partial charge is 0.252 e. The summed E-state index contributed by atoms with van der Waals surface area (Å²) in [5.41, 5.74) is 0.497. The molecule has 6 heteroatoms. The average molecular weight is 389 g/mol. The van der Waals surface area contributed by atoms with Gasteiger partial charge in [-0.25, -0.2) is 0 Å². The van der Waals surface area contributed by atoms with Gasteiger partial charge in [0, 0.05) is 36.7 Å². The van der Waals surface area contributed by atoms with E-state index in [1.54, 1.807) is 18.3 Å². The minimum Gasteiger partial charge on any atom is -0.387 e. The summed E-state index contributed by atoms with van der Waals surface area (Å²) in [5, 5.41) is 14.1. The minimum absolute atomic E-state index is 0.0135. The molecule has 0 bridgehead atoms. The van der Waals surface area contributed by atoms with Crippen LogP contribution < -0.4 is 5.32 Å². The van der Waals surface area contributed by atoms with Crippen LogP contribution in [0.2, 0.25) is 5.02 Å². The fraction of sp³-hybridized carbons (Fsp3) is 0.429. The van der Waals surface area contributed by atoms with Crippen LogP contribution in [0, 0.1) is 5.41 Å². The number of carbonyl (C=O) groups excluding carboxylic acids is 1. The van der Waals surface area contributed by atoms with Gasteiger partial charge in [0.2, 0.25) is 0 Å². The van der Waals surface area contributed by atoms with Crippen molar-refractivity contribution in [3.05, 3.63) is 53.2 Å². The number of hydrogen-bond acceptors (Lipinski definition) is 4. The topological polar surface area (TPSA) is 71.5 Å². The van der Waals surface area contributed by atoms with Crippen LogP contribution in [0.1, 0.15) is 37.6 Å². The lowest BCUT2D eigenvalue weighted by molar-refractivity contribution is -0.237. The Morgan fingerprint density at radius 1 is 1.37 bits per heavy atom. The van der Waals surface area contributed by atoms with E-state index in [4.69, 9.17) is 16.3 Å². The lowest BCUT2D eigenvalue weighted by Gasteiger charge is -2.57. The van der Waals surface area contributed by atoms with Crippen LogP contribution in [0.15, 0.2) is 42.6 Å². The van der Waals surface area contributed by atoms with Gasteiger partial charge in [-0.2, -0.15) is 0 Å². The molecule has 0 aliphatic heterocycles. The first-order chi connectivity index (χ1) is 12.8. The first-order valence-electron chi connectivity index (χ1n) is 9.11. The number of aliphatic hydroxyl groups is 1. The summed E-state index contributed by atoms with van der Waals surface area (Å²) in [5.74, 6) is -0.318. The van der Waals surface area contributed by atoms with Crippen LogP contribution in [0.25, 0.3) is 11.3 Å². The molecule has 2 N–H and O–H groups in total. The molecule has 0 saturated heterocycles. The monoisotopic (exact) mass is 388 g/mol. The van der Waals surface area contributed by atoms with Crippen molar-refractivity contribution in [2.75, 3.05) is 13.2 Å². The van der Waals surface area contributed by atoms with E-state index in [1.807, 2.05) is 45.0 Å². The largest absolute Gasteiger partial charge is 0.387 e. The summed E-state index contributed by atoms with van der Waals surface area (Å²) in [6.45, 7) is 6.60. The zero-order valence-corrected chi connectivity index (χ0v) is 16.6. The number of rotatable bonds is 6. The van der Waals surface area contributed by atoms with Gasteiger partial charge < -0.3 is 15.2 Å². The fourth-order valence-electron chi connectivity index (χ4n) is 3.48. The standard InChI is InChI=1S/C21H25ClN2O3/c1-4-27-18-12-21(26,20(18,2)3)13-24-19(25)15-11-14(8-9-16(15)22)17-7-5-6-10-23-17/h5-11,18,26H,4,12-13H2,1-3H3,(H,24,25). The molecule has 1 amide bonds. The van der Waals surface area contributed by atoms with Crippen LogP contribution in [0.5, 0.6) is 0 Å².